The Labute approximate surface area is 188 Å². The second-order valence-corrected chi connectivity index (χ2v) is 8.47. The molecule has 0 spiro atoms. The van der Waals surface area contributed by atoms with E-state index in [0.717, 1.165) is 32.9 Å². The number of aromatic nitrogens is 4. The van der Waals surface area contributed by atoms with E-state index in [4.69, 9.17) is 5.10 Å². The van der Waals surface area contributed by atoms with Crippen molar-refractivity contribution in [2.75, 3.05) is 10.6 Å². The Morgan fingerprint density at radius 3 is 2.47 bits per heavy atom. The highest BCUT2D eigenvalue weighted by Crippen LogP contribution is 2.25. The van der Waals surface area contributed by atoms with Gasteiger partial charge in [-0.15, -0.1) is 21.5 Å². The first-order valence-corrected chi connectivity index (χ1v) is 11.0. The zero-order valence-electron chi connectivity index (χ0n) is 17.5. The molecule has 5 rings (SSSR count). The molecule has 3 heterocycles. The van der Waals surface area contributed by atoms with Gasteiger partial charge in [-0.05, 0) is 72.8 Å². The van der Waals surface area contributed by atoms with Crippen molar-refractivity contribution in [2.45, 2.75) is 13.8 Å². The Balaban J connectivity index is 1.39. The van der Waals surface area contributed by atoms with Crippen LogP contribution in [0.25, 0.3) is 27.6 Å². The second kappa shape index (κ2) is 8.24. The van der Waals surface area contributed by atoms with Crippen molar-refractivity contribution in [3.63, 3.8) is 0 Å². The molecule has 32 heavy (non-hydrogen) atoms. The van der Waals surface area contributed by atoms with Gasteiger partial charge < -0.3 is 10.6 Å². The average Bonchev–Trinajstić information content (AvgIpc) is 3.42. The third-order valence-corrected chi connectivity index (χ3v) is 5.77. The molecular weight excluding hydrogens is 420 g/mol. The standard InChI is InChI=1S/C24H20N6OS/c1-15-11-16(2)13-19(12-15)26-24(31)25-18-6-3-5-17(14-18)20-8-9-22-27-28-23(30(22)29-20)21-7-4-10-32-21/h3-14H,1-2H3,(H2,25,26,31). The molecule has 0 unspecified atom stereocenters. The topological polar surface area (TPSA) is 84.2 Å². The summed E-state index contributed by atoms with van der Waals surface area (Å²) in [6.07, 6.45) is 0. The lowest BCUT2D eigenvalue weighted by Gasteiger charge is -2.10. The fourth-order valence-corrected chi connectivity index (χ4v) is 4.29. The highest BCUT2D eigenvalue weighted by molar-refractivity contribution is 7.13. The van der Waals surface area contributed by atoms with Crippen molar-refractivity contribution in [1.29, 1.82) is 0 Å². The highest BCUT2D eigenvalue weighted by Gasteiger charge is 2.12. The zero-order chi connectivity index (χ0) is 22.1. The number of amides is 2. The van der Waals surface area contributed by atoms with E-state index >= 15 is 0 Å². The number of hydrogen-bond acceptors (Lipinski definition) is 5. The van der Waals surface area contributed by atoms with Gasteiger partial charge in [0.25, 0.3) is 0 Å². The lowest BCUT2D eigenvalue weighted by atomic mass is 10.1. The number of carbonyl (C=O) groups is 1. The lowest BCUT2D eigenvalue weighted by Crippen LogP contribution is -2.19. The molecule has 0 fully saturated rings. The summed E-state index contributed by atoms with van der Waals surface area (Å²) in [6, 6.07) is 21.0. The van der Waals surface area contributed by atoms with E-state index in [0.29, 0.717) is 17.2 Å². The van der Waals surface area contributed by atoms with Crippen LogP contribution in [0.3, 0.4) is 0 Å². The first-order chi connectivity index (χ1) is 15.5. The molecule has 5 aromatic rings. The number of rotatable bonds is 4. The zero-order valence-corrected chi connectivity index (χ0v) is 18.4. The Hall–Kier alpha value is -4.04. The minimum absolute atomic E-state index is 0.297. The maximum absolute atomic E-state index is 12.5. The van der Waals surface area contributed by atoms with Gasteiger partial charge in [0.1, 0.15) is 0 Å². The maximum atomic E-state index is 12.5. The fourth-order valence-electron chi connectivity index (χ4n) is 3.60. The predicted molar refractivity (Wildman–Crippen MR) is 128 cm³/mol. The molecule has 2 aromatic carbocycles. The van der Waals surface area contributed by atoms with Crippen LogP contribution in [-0.2, 0) is 0 Å². The number of nitrogens with zero attached hydrogens (tertiary/aromatic N) is 4. The van der Waals surface area contributed by atoms with Crippen molar-refractivity contribution in [3.8, 4) is 22.0 Å². The summed E-state index contributed by atoms with van der Waals surface area (Å²) in [5.41, 5.74) is 5.94. The quantitative estimate of drug-likeness (QED) is 0.371. The summed E-state index contributed by atoms with van der Waals surface area (Å²) in [4.78, 5) is 13.5. The van der Waals surface area contributed by atoms with Crippen LogP contribution in [0, 0.1) is 13.8 Å². The number of carbonyl (C=O) groups excluding carboxylic acids is 1. The van der Waals surface area contributed by atoms with Crippen LogP contribution in [-0.4, -0.2) is 25.8 Å². The average molecular weight is 441 g/mol. The molecular formula is C24H20N6OS. The third-order valence-electron chi connectivity index (χ3n) is 4.90. The van der Waals surface area contributed by atoms with E-state index in [1.807, 2.05) is 79.9 Å². The van der Waals surface area contributed by atoms with E-state index < -0.39 is 0 Å². The number of urea groups is 1. The molecule has 0 aliphatic heterocycles. The van der Waals surface area contributed by atoms with Crippen molar-refractivity contribution in [1.82, 2.24) is 19.8 Å². The van der Waals surface area contributed by atoms with Crippen LogP contribution in [0.15, 0.2) is 72.1 Å². The van der Waals surface area contributed by atoms with Gasteiger partial charge in [0, 0.05) is 16.9 Å². The van der Waals surface area contributed by atoms with Gasteiger partial charge in [0.05, 0.1) is 10.6 Å². The Kier molecular flexibility index (Phi) is 5.12. The molecule has 0 saturated heterocycles. The maximum Gasteiger partial charge on any atom is 0.323 e. The number of fused-ring (bicyclic) bond motifs is 1. The number of nitrogens with one attached hydrogen (secondary N) is 2. The molecule has 0 aliphatic carbocycles. The summed E-state index contributed by atoms with van der Waals surface area (Å²) >= 11 is 1.59. The predicted octanol–water partition coefficient (Wildman–Crippen LogP) is 5.78. The summed E-state index contributed by atoms with van der Waals surface area (Å²) in [6.45, 7) is 4.01. The number of aryl methyl sites for hydroxylation is 2. The van der Waals surface area contributed by atoms with Crippen LogP contribution < -0.4 is 10.6 Å². The fraction of sp³-hybridized carbons (Fsp3) is 0.0833. The van der Waals surface area contributed by atoms with Gasteiger partial charge in [-0.1, -0.05) is 24.3 Å². The van der Waals surface area contributed by atoms with Gasteiger partial charge in [0.15, 0.2) is 11.5 Å². The number of hydrogen-bond donors (Lipinski definition) is 2. The molecule has 2 amide bonds. The molecule has 0 radical (unpaired) electrons. The number of benzene rings is 2. The molecule has 0 saturated carbocycles. The van der Waals surface area contributed by atoms with Gasteiger partial charge in [-0.3, -0.25) is 0 Å². The summed E-state index contributed by atoms with van der Waals surface area (Å²) in [5, 5.41) is 21.0. The van der Waals surface area contributed by atoms with Crippen LogP contribution in [0.2, 0.25) is 0 Å². The highest BCUT2D eigenvalue weighted by atomic mass is 32.1. The smallest absolute Gasteiger partial charge is 0.308 e. The summed E-state index contributed by atoms with van der Waals surface area (Å²) in [5.74, 6) is 0.707. The SMILES string of the molecule is Cc1cc(C)cc(NC(=O)Nc2cccc(-c3ccc4nnc(-c5cccs5)n4n3)c2)c1. The molecule has 0 aliphatic rings. The Morgan fingerprint density at radius 2 is 1.69 bits per heavy atom. The summed E-state index contributed by atoms with van der Waals surface area (Å²) < 4.78 is 1.74. The second-order valence-electron chi connectivity index (χ2n) is 7.53. The minimum atomic E-state index is -0.297. The van der Waals surface area contributed by atoms with Gasteiger partial charge >= 0.3 is 6.03 Å². The van der Waals surface area contributed by atoms with E-state index in [9.17, 15) is 4.79 Å². The van der Waals surface area contributed by atoms with E-state index in [1.54, 1.807) is 15.9 Å². The van der Waals surface area contributed by atoms with Crippen molar-refractivity contribution in [2.24, 2.45) is 0 Å². The molecule has 7 nitrogen and oxygen atoms in total. The third kappa shape index (κ3) is 4.08. The Morgan fingerprint density at radius 1 is 0.875 bits per heavy atom. The van der Waals surface area contributed by atoms with Crippen molar-refractivity contribution >= 4 is 34.4 Å². The van der Waals surface area contributed by atoms with Gasteiger partial charge in [-0.25, -0.2) is 4.79 Å². The monoisotopic (exact) mass is 440 g/mol. The minimum Gasteiger partial charge on any atom is -0.308 e. The van der Waals surface area contributed by atoms with E-state index in [2.05, 4.69) is 26.9 Å². The van der Waals surface area contributed by atoms with Crippen molar-refractivity contribution in [3.05, 3.63) is 83.2 Å². The number of thiophene rings is 1. The molecule has 0 bridgehead atoms. The van der Waals surface area contributed by atoms with E-state index in [-0.39, 0.29) is 6.03 Å². The molecule has 0 atom stereocenters. The molecule has 8 heteroatoms. The Bertz CT molecular complexity index is 1400. The lowest BCUT2D eigenvalue weighted by molar-refractivity contribution is 0.262. The van der Waals surface area contributed by atoms with Crippen molar-refractivity contribution < 1.29 is 4.79 Å². The number of anilines is 2. The normalized spacial score (nSPS) is 10.9. The van der Waals surface area contributed by atoms with Crippen LogP contribution >= 0.6 is 11.3 Å². The van der Waals surface area contributed by atoms with Crippen LogP contribution in [0.4, 0.5) is 16.2 Å². The van der Waals surface area contributed by atoms with Gasteiger partial charge in [-0.2, -0.15) is 9.61 Å². The first kappa shape index (κ1) is 19.9. The summed E-state index contributed by atoms with van der Waals surface area (Å²) in [7, 11) is 0. The van der Waals surface area contributed by atoms with Crippen LogP contribution in [0.1, 0.15) is 11.1 Å². The molecule has 158 valence electrons. The largest absolute Gasteiger partial charge is 0.323 e. The van der Waals surface area contributed by atoms with E-state index in [1.165, 1.54) is 0 Å². The molecule has 3 aromatic heterocycles. The van der Waals surface area contributed by atoms with Crippen LogP contribution in [0.5, 0.6) is 0 Å². The molecule has 2 N–H and O–H groups in total. The first-order valence-electron chi connectivity index (χ1n) is 10.1. The van der Waals surface area contributed by atoms with Gasteiger partial charge in [0.2, 0.25) is 0 Å².